The average molecular weight is 391 g/mol. The minimum Gasteiger partial charge on any atom is -0.382 e. The molecule has 2 aromatic rings. The van der Waals surface area contributed by atoms with E-state index < -0.39 is 16.1 Å². The van der Waals surface area contributed by atoms with Crippen molar-refractivity contribution < 1.29 is 8.42 Å². The molecule has 3 N–H and O–H groups in total. The number of hydrogen-bond donors (Lipinski definition) is 2. The summed E-state index contributed by atoms with van der Waals surface area (Å²) in [7, 11) is -3.73. The van der Waals surface area contributed by atoms with E-state index in [1.54, 1.807) is 6.92 Å². The Bertz CT molecular complexity index is 768. The van der Waals surface area contributed by atoms with Gasteiger partial charge in [-0.2, -0.15) is 0 Å². The van der Waals surface area contributed by atoms with Crippen molar-refractivity contribution in [3.63, 3.8) is 0 Å². The summed E-state index contributed by atoms with van der Waals surface area (Å²) in [6.07, 6.45) is 1.18. The lowest BCUT2D eigenvalue weighted by atomic mass is 10.1. The van der Waals surface area contributed by atoms with Crippen LogP contribution in [0.1, 0.15) is 18.5 Å². The molecule has 0 radical (unpaired) electrons. The summed E-state index contributed by atoms with van der Waals surface area (Å²) in [5.41, 5.74) is 6.31. The topological polar surface area (TPSA) is 85.1 Å². The number of nitrogens with one attached hydrogen (secondary N) is 1. The van der Waals surface area contributed by atoms with E-state index in [4.69, 9.17) is 17.3 Å². The van der Waals surface area contributed by atoms with Gasteiger partial charge in [-0.3, -0.25) is 0 Å². The molecule has 0 aliphatic rings. The highest BCUT2D eigenvalue weighted by Gasteiger charge is 2.20. The maximum absolute atomic E-state index is 12.3. The van der Waals surface area contributed by atoms with Crippen LogP contribution in [0.5, 0.6) is 0 Å². The number of rotatable bonds is 4. The van der Waals surface area contributed by atoms with Gasteiger partial charge in [-0.05, 0) is 30.7 Å². The second-order valence-electron chi connectivity index (χ2n) is 4.44. The van der Waals surface area contributed by atoms with E-state index in [0.29, 0.717) is 0 Å². The molecular formula is C13H13BrClN3O2S. The zero-order chi connectivity index (χ0) is 15.6. The standard InChI is InChI=1S/C13H13BrClN3O2S/c1-8(9-3-2-4-10(14)5-9)18-21(19,20)11-6-12(15)13(16)17-7-11/h2-8,18H,1H3,(H2,16,17). The number of nitrogen functional groups attached to an aromatic ring is 1. The molecule has 0 aliphatic heterocycles. The molecule has 0 spiro atoms. The quantitative estimate of drug-likeness (QED) is 0.840. The molecule has 1 aromatic carbocycles. The van der Waals surface area contributed by atoms with Crippen LogP contribution in [0.4, 0.5) is 5.82 Å². The predicted molar refractivity (Wildman–Crippen MR) is 86.5 cm³/mol. The second kappa shape index (κ2) is 6.31. The number of pyridine rings is 1. The molecule has 1 unspecified atom stereocenters. The van der Waals surface area contributed by atoms with E-state index >= 15 is 0 Å². The van der Waals surface area contributed by atoms with Crippen molar-refractivity contribution in [1.29, 1.82) is 0 Å². The first kappa shape index (κ1) is 16.2. The van der Waals surface area contributed by atoms with Crippen molar-refractivity contribution in [3.05, 3.63) is 51.6 Å². The molecule has 112 valence electrons. The Morgan fingerprint density at radius 2 is 2.10 bits per heavy atom. The Kier molecular flexibility index (Phi) is 4.88. The number of anilines is 1. The number of aromatic nitrogens is 1. The molecule has 5 nitrogen and oxygen atoms in total. The minimum absolute atomic E-state index is 0.0245. The summed E-state index contributed by atoms with van der Waals surface area (Å²) in [5, 5.41) is 0.105. The molecule has 0 saturated heterocycles. The molecule has 1 atom stereocenters. The molecule has 0 fully saturated rings. The van der Waals surface area contributed by atoms with E-state index in [-0.39, 0.29) is 15.7 Å². The lowest BCUT2D eigenvalue weighted by molar-refractivity contribution is 0.566. The van der Waals surface area contributed by atoms with Gasteiger partial charge < -0.3 is 5.73 Å². The van der Waals surface area contributed by atoms with Gasteiger partial charge in [0.2, 0.25) is 10.0 Å². The second-order valence-corrected chi connectivity index (χ2v) is 7.47. The van der Waals surface area contributed by atoms with Gasteiger partial charge in [0.25, 0.3) is 0 Å². The maximum Gasteiger partial charge on any atom is 0.242 e. The highest BCUT2D eigenvalue weighted by atomic mass is 79.9. The van der Waals surface area contributed by atoms with E-state index in [0.717, 1.165) is 10.0 Å². The Balaban J connectivity index is 2.26. The van der Waals surface area contributed by atoms with E-state index in [9.17, 15) is 8.42 Å². The van der Waals surface area contributed by atoms with Crippen LogP contribution in [0, 0.1) is 0 Å². The van der Waals surface area contributed by atoms with Gasteiger partial charge >= 0.3 is 0 Å². The van der Waals surface area contributed by atoms with Gasteiger partial charge in [0.15, 0.2) is 0 Å². The molecule has 8 heteroatoms. The van der Waals surface area contributed by atoms with Crippen LogP contribution in [-0.2, 0) is 10.0 Å². The van der Waals surface area contributed by atoms with E-state index in [1.165, 1.54) is 12.3 Å². The fraction of sp³-hybridized carbons (Fsp3) is 0.154. The van der Waals surface area contributed by atoms with Crippen LogP contribution in [0.3, 0.4) is 0 Å². The molecular weight excluding hydrogens is 378 g/mol. The Morgan fingerprint density at radius 3 is 2.71 bits per heavy atom. The fourth-order valence-electron chi connectivity index (χ4n) is 1.72. The third-order valence-corrected chi connectivity index (χ3v) is 5.14. The van der Waals surface area contributed by atoms with Crippen LogP contribution in [0.2, 0.25) is 5.02 Å². The van der Waals surface area contributed by atoms with Crippen molar-refractivity contribution in [3.8, 4) is 0 Å². The largest absolute Gasteiger partial charge is 0.382 e. The molecule has 1 heterocycles. The SMILES string of the molecule is CC(NS(=O)(=O)c1cnc(N)c(Cl)c1)c1cccc(Br)c1. The zero-order valence-corrected chi connectivity index (χ0v) is 14.2. The van der Waals surface area contributed by atoms with Crippen LogP contribution >= 0.6 is 27.5 Å². The summed E-state index contributed by atoms with van der Waals surface area (Å²) >= 11 is 9.16. The lowest BCUT2D eigenvalue weighted by Crippen LogP contribution is -2.27. The molecule has 0 amide bonds. The number of benzene rings is 1. The van der Waals surface area contributed by atoms with Gasteiger partial charge in [-0.25, -0.2) is 18.1 Å². The highest BCUT2D eigenvalue weighted by molar-refractivity contribution is 9.10. The zero-order valence-electron chi connectivity index (χ0n) is 11.0. The molecule has 0 aliphatic carbocycles. The third-order valence-electron chi connectivity index (χ3n) is 2.84. The minimum atomic E-state index is -3.73. The van der Waals surface area contributed by atoms with E-state index in [2.05, 4.69) is 25.6 Å². The number of hydrogen-bond acceptors (Lipinski definition) is 4. The van der Waals surface area contributed by atoms with Crippen LogP contribution in [0.25, 0.3) is 0 Å². The van der Waals surface area contributed by atoms with Crippen molar-refractivity contribution in [2.75, 3.05) is 5.73 Å². The monoisotopic (exact) mass is 389 g/mol. The molecule has 21 heavy (non-hydrogen) atoms. The van der Waals surface area contributed by atoms with Crippen molar-refractivity contribution in [2.24, 2.45) is 0 Å². The van der Waals surface area contributed by atoms with Crippen molar-refractivity contribution >= 4 is 43.4 Å². The van der Waals surface area contributed by atoms with Crippen molar-refractivity contribution in [1.82, 2.24) is 9.71 Å². The van der Waals surface area contributed by atoms with Crippen molar-refractivity contribution in [2.45, 2.75) is 17.9 Å². The summed E-state index contributed by atoms with van der Waals surface area (Å²) < 4.78 is 28.1. The number of halogens is 2. The smallest absolute Gasteiger partial charge is 0.242 e. The van der Waals surface area contributed by atoms with Gasteiger partial charge in [0.05, 0.1) is 5.02 Å². The number of sulfonamides is 1. The first-order valence-corrected chi connectivity index (χ1v) is 8.64. The maximum atomic E-state index is 12.3. The fourth-order valence-corrected chi connectivity index (χ4v) is 3.57. The summed E-state index contributed by atoms with van der Waals surface area (Å²) in [5.74, 6) is 0.0932. The first-order valence-electron chi connectivity index (χ1n) is 5.98. The van der Waals surface area contributed by atoms with Gasteiger partial charge in [-0.15, -0.1) is 0 Å². The van der Waals surface area contributed by atoms with Gasteiger partial charge in [0, 0.05) is 16.7 Å². The Labute approximate surface area is 136 Å². The lowest BCUT2D eigenvalue weighted by Gasteiger charge is -2.15. The Hall–Kier alpha value is -1.15. The number of nitrogens with two attached hydrogens (primary N) is 1. The molecule has 0 bridgehead atoms. The van der Waals surface area contributed by atoms with Gasteiger partial charge in [-0.1, -0.05) is 39.7 Å². The normalized spacial score (nSPS) is 13.1. The molecule has 0 saturated carbocycles. The van der Waals surface area contributed by atoms with Crippen LogP contribution in [0.15, 0.2) is 45.9 Å². The summed E-state index contributed by atoms with van der Waals surface area (Å²) in [4.78, 5) is 3.73. The third kappa shape index (κ3) is 3.94. The Morgan fingerprint density at radius 1 is 1.38 bits per heavy atom. The van der Waals surface area contributed by atoms with E-state index in [1.807, 2.05) is 24.3 Å². The predicted octanol–water partition coefficient (Wildman–Crippen LogP) is 3.12. The molecule has 1 aromatic heterocycles. The first-order chi connectivity index (χ1) is 9.79. The highest BCUT2D eigenvalue weighted by Crippen LogP contribution is 2.23. The molecule has 2 rings (SSSR count). The average Bonchev–Trinajstić information content (AvgIpc) is 2.41. The van der Waals surface area contributed by atoms with Gasteiger partial charge in [0.1, 0.15) is 10.7 Å². The number of nitrogens with zero attached hydrogens (tertiary/aromatic N) is 1. The summed E-state index contributed by atoms with van der Waals surface area (Å²) in [6.45, 7) is 1.76. The summed E-state index contributed by atoms with van der Waals surface area (Å²) in [6, 6.07) is 8.28. The van der Waals surface area contributed by atoms with Crippen LogP contribution < -0.4 is 10.5 Å². The van der Waals surface area contributed by atoms with Crippen LogP contribution in [-0.4, -0.2) is 13.4 Å².